The summed E-state index contributed by atoms with van der Waals surface area (Å²) in [6.45, 7) is 0.118. The number of carbonyl (C=O) groups excluding carboxylic acids is 1. The minimum Gasteiger partial charge on any atom is -0.472 e. The average Bonchev–Trinajstić information content (AvgIpc) is 2.93. The quantitative estimate of drug-likeness (QED) is 0.844. The van der Waals surface area contributed by atoms with Crippen LogP contribution in [-0.4, -0.2) is 23.7 Å². The highest BCUT2D eigenvalue weighted by Crippen LogP contribution is 2.27. The van der Waals surface area contributed by atoms with Gasteiger partial charge in [-0.1, -0.05) is 19.3 Å². The number of hydrogen-bond acceptors (Lipinski definition) is 3. The summed E-state index contributed by atoms with van der Waals surface area (Å²) < 4.78 is 4.91. The lowest BCUT2D eigenvalue weighted by molar-refractivity contribution is 0.0899. The maximum Gasteiger partial charge on any atom is 0.254 e. The van der Waals surface area contributed by atoms with Crippen molar-refractivity contribution in [2.75, 3.05) is 6.61 Å². The van der Waals surface area contributed by atoms with Gasteiger partial charge in [0, 0.05) is 12.6 Å². The van der Waals surface area contributed by atoms with Gasteiger partial charge in [-0.15, -0.1) is 0 Å². The molecule has 2 rings (SSSR count). The van der Waals surface area contributed by atoms with Crippen molar-refractivity contribution in [2.45, 2.75) is 44.6 Å². The van der Waals surface area contributed by atoms with Crippen LogP contribution in [0.25, 0.3) is 0 Å². The van der Waals surface area contributed by atoms with E-state index in [1.165, 1.54) is 31.8 Å². The SMILES string of the molecule is O=C(NC(CCO)C1CCCCC1)c1ccoc1. The zero-order valence-corrected chi connectivity index (χ0v) is 10.6. The lowest BCUT2D eigenvalue weighted by atomic mass is 9.82. The van der Waals surface area contributed by atoms with Crippen LogP contribution >= 0.6 is 0 Å². The fourth-order valence-corrected chi connectivity index (χ4v) is 2.75. The maximum absolute atomic E-state index is 12.0. The number of aliphatic hydroxyl groups is 1. The van der Waals surface area contributed by atoms with Gasteiger partial charge in [-0.3, -0.25) is 4.79 Å². The van der Waals surface area contributed by atoms with E-state index in [9.17, 15) is 4.79 Å². The van der Waals surface area contributed by atoms with Gasteiger partial charge >= 0.3 is 0 Å². The van der Waals surface area contributed by atoms with Crippen molar-refractivity contribution in [3.8, 4) is 0 Å². The summed E-state index contributed by atoms with van der Waals surface area (Å²) in [7, 11) is 0. The van der Waals surface area contributed by atoms with Gasteiger partial charge in [-0.2, -0.15) is 0 Å². The van der Waals surface area contributed by atoms with Gasteiger partial charge < -0.3 is 14.8 Å². The third-order valence-electron chi connectivity index (χ3n) is 3.76. The van der Waals surface area contributed by atoms with Crippen molar-refractivity contribution >= 4 is 5.91 Å². The molecule has 4 heteroatoms. The zero-order valence-electron chi connectivity index (χ0n) is 10.6. The highest BCUT2D eigenvalue weighted by atomic mass is 16.3. The second kappa shape index (κ2) is 6.59. The number of rotatable bonds is 5. The monoisotopic (exact) mass is 251 g/mol. The largest absolute Gasteiger partial charge is 0.472 e. The van der Waals surface area contributed by atoms with Crippen molar-refractivity contribution in [1.29, 1.82) is 0 Å². The second-order valence-electron chi connectivity index (χ2n) is 5.00. The van der Waals surface area contributed by atoms with E-state index < -0.39 is 0 Å². The van der Waals surface area contributed by atoms with Gasteiger partial charge in [0.1, 0.15) is 6.26 Å². The Labute approximate surface area is 107 Å². The Hall–Kier alpha value is -1.29. The number of furan rings is 1. The standard InChI is InChI=1S/C14H21NO3/c16-8-6-13(11-4-2-1-3-5-11)15-14(17)12-7-9-18-10-12/h7,9-11,13,16H,1-6,8H2,(H,15,17). The molecule has 0 radical (unpaired) electrons. The molecule has 1 aromatic heterocycles. The van der Waals surface area contributed by atoms with Crippen LogP contribution in [0.2, 0.25) is 0 Å². The lowest BCUT2D eigenvalue weighted by Gasteiger charge is -2.30. The molecule has 0 bridgehead atoms. The minimum atomic E-state index is -0.104. The van der Waals surface area contributed by atoms with E-state index in [4.69, 9.17) is 9.52 Å². The van der Waals surface area contributed by atoms with E-state index in [1.807, 2.05) is 0 Å². The highest BCUT2D eigenvalue weighted by molar-refractivity contribution is 5.93. The normalized spacial score (nSPS) is 18.5. The average molecular weight is 251 g/mol. The number of hydrogen-bond donors (Lipinski definition) is 2. The predicted molar refractivity (Wildman–Crippen MR) is 68.2 cm³/mol. The van der Waals surface area contributed by atoms with Crippen molar-refractivity contribution in [1.82, 2.24) is 5.32 Å². The van der Waals surface area contributed by atoms with Crippen LogP contribution < -0.4 is 5.32 Å². The molecule has 0 aliphatic heterocycles. The van der Waals surface area contributed by atoms with Crippen molar-refractivity contribution in [3.63, 3.8) is 0 Å². The number of aliphatic hydroxyl groups excluding tert-OH is 1. The molecule has 2 N–H and O–H groups in total. The van der Waals surface area contributed by atoms with E-state index in [-0.39, 0.29) is 18.6 Å². The molecule has 4 nitrogen and oxygen atoms in total. The summed E-state index contributed by atoms with van der Waals surface area (Å²) in [6, 6.07) is 1.74. The van der Waals surface area contributed by atoms with E-state index in [0.29, 0.717) is 17.9 Å². The summed E-state index contributed by atoms with van der Waals surface area (Å²) in [5.74, 6) is 0.398. The van der Waals surface area contributed by atoms with Crippen LogP contribution in [0, 0.1) is 5.92 Å². The van der Waals surface area contributed by atoms with Gasteiger partial charge in [-0.25, -0.2) is 0 Å². The Kier molecular flexibility index (Phi) is 4.81. The first-order chi connectivity index (χ1) is 8.81. The number of amides is 1. The van der Waals surface area contributed by atoms with Crippen LogP contribution in [-0.2, 0) is 0 Å². The lowest BCUT2D eigenvalue weighted by Crippen LogP contribution is -2.41. The molecule has 1 aliphatic carbocycles. The molecular formula is C14H21NO3. The molecule has 1 amide bonds. The number of carbonyl (C=O) groups is 1. The van der Waals surface area contributed by atoms with Crippen molar-refractivity contribution in [2.24, 2.45) is 5.92 Å². The molecule has 18 heavy (non-hydrogen) atoms. The van der Waals surface area contributed by atoms with E-state index in [0.717, 1.165) is 12.8 Å². The first-order valence-electron chi connectivity index (χ1n) is 6.75. The maximum atomic E-state index is 12.0. The first-order valence-corrected chi connectivity index (χ1v) is 6.75. The van der Waals surface area contributed by atoms with Crippen molar-refractivity contribution < 1.29 is 14.3 Å². The minimum absolute atomic E-state index is 0.0812. The Bertz CT molecular complexity index is 355. The van der Waals surface area contributed by atoms with Gasteiger partial charge in [-0.05, 0) is 31.2 Å². The Balaban J connectivity index is 1.94. The molecule has 1 aliphatic rings. The van der Waals surface area contributed by atoms with Gasteiger partial charge in [0.2, 0.25) is 0 Å². The molecular weight excluding hydrogens is 230 g/mol. The second-order valence-corrected chi connectivity index (χ2v) is 5.00. The Morgan fingerprint density at radius 1 is 1.44 bits per heavy atom. The third kappa shape index (κ3) is 3.35. The summed E-state index contributed by atoms with van der Waals surface area (Å²) in [5.41, 5.74) is 0.550. The summed E-state index contributed by atoms with van der Waals surface area (Å²) in [5, 5.41) is 12.2. The highest BCUT2D eigenvalue weighted by Gasteiger charge is 2.25. The summed E-state index contributed by atoms with van der Waals surface area (Å²) >= 11 is 0. The molecule has 0 aromatic carbocycles. The first kappa shape index (κ1) is 13.1. The Morgan fingerprint density at radius 3 is 2.83 bits per heavy atom. The molecule has 1 saturated carbocycles. The summed E-state index contributed by atoms with van der Waals surface area (Å²) in [4.78, 5) is 12.0. The Morgan fingerprint density at radius 2 is 2.22 bits per heavy atom. The van der Waals surface area contributed by atoms with Gasteiger partial charge in [0.25, 0.3) is 5.91 Å². The molecule has 0 saturated heterocycles. The molecule has 1 atom stereocenters. The van der Waals surface area contributed by atoms with Gasteiger partial charge in [0.05, 0.1) is 11.8 Å². The predicted octanol–water partition coefficient (Wildman–Crippen LogP) is 2.34. The number of nitrogens with one attached hydrogen (secondary N) is 1. The zero-order chi connectivity index (χ0) is 12.8. The molecule has 100 valence electrons. The van der Waals surface area contributed by atoms with Crippen LogP contribution in [0.15, 0.2) is 23.0 Å². The summed E-state index contributed by atoms with van der Waals surface area (Å²) in [6.07, 6.45) is 9.63. The fraction of sp³-hybridized carbons (Fsp3) is 0.643. The van der Waals surface area contributed by atoms with Gasteiger partial charge in [0.15, 0.2) is 0 Å². The smallest absolute Gasteiger partial charge is 0.254 e. The third-order valence-corrected chi connectivity index (χ3v) is 3.76. The van der Waals surface area contributed by atoms with E-state index >= 15 is 0 Å². The molecule has 1 fully saturated rings. The van der Waals surface area contributed by atoms with Crippen LogP contribution in [0.5, 0.6) is 0 Å². The van der Waals surface area contributed by atoms with Crippen LogP contribution in [0.3, 0.4) is 0 Å². The molecule has 1 unspecified atom stereocenters. The molecule has 1 aromatic rings. The van der Waals surface area contributed by atoms with Crippen LogP contribution in [0.1, 0.15) is 48.9 Å². The topological polar surface area (TPSA) is 62.5 Å². The molecule has 1 heterocycles. The van der Waals surface area contributed by atoms with Crippen molar-refractivity contribution in [3.05, 3.63) is 24.2 Å². The fourth-order valence-electron chi connectivity index (χ4n) is 2.75. The van der Waals surface area contributed by atoms with E-state index in [2.05, 4.69) is 5.32 Å². The molecule has 0 spiro atoms. The van der Waals surface area contributed by atoms with Crippen LogP contribution in [0.4, 0.5) is 0 Å². The van der Waals surface area contributed by atoms with E-state index in [1.54, 1.807) is 6.07 Å².